The van der Waals surface area contributed by atoms with Crippen LogP contribution in [0.4, 0.5) is 5.69 Å². The van der Waals surface area contributed by atoms with Crippen LogP contribution >= 0.6 is 11.6 Å². The maximum Gasteiger partial charge on any atom is 0.291 e. The average Bonchev–Trinajstić information content (AvgIpc) is 2.16. The van der Waals surface area contributed by atoms with Crippen LogP contribution in [0, 0.1) is 10.1 Å². The number of Topliss-reactive ketones (excluding diaryl/α,β-unsaturated/α-hetero) is 1. The van der Waals surface area contributed by atoms with Crippen LogP contribution in [0.5, 0.6) is 5.75 Å². The maximum absolute atomic E-state index is 11.1. The van der Waals surface area contributed by atoms with Gasteiger partial charge in [-0.1, -0.05) is 11.6 Å². The molecule has 0 radical (unpaired) electrons. The minimum absolute atomic E-state index is 0.0778. The van der Waals surface area contributed by atoms with Crippen LogP contribution in [0.25, 0.3) is 0 Å². The third kappa shape index (κ3) is 2.24. The number of ether oxygens (including phenoxy) is 1. The Balaban J connectivity index is 3.42. The Morgan fingerprint density at radius 3 is 2.53 bits per heavy atom. The second-order valence-corrected chi connectivity index (χ2v) is 3.22. The van der Waals surface area contributed by atoms with Crippen LogP contribution in [0.3, 0.4) is 0 Å². The number of hydrogen-bond acceptors (Lipinski definition) is 4. The molecular formula is C9H8ClNO4. The summed E-state index contributed by atoms with van der Waals surface area (Å²) in [4.78, 5) is 21.1. The number of rotatable bonds is 3. The second kappa shape index (κ2) is 4.27. The molecule has 0 bridgehead atoms. The summed E-state index contributed by atoms with van der Waals surface area (Å²) < 4.78 is 4.87. The lowest BCUT2D eigenvalue weighted by molar-refractivity contribution is -0.384. The van der Waals surface area contributed by atoms with Crippen LogP contribution in [0.2, 0.25) is 5.02 Å². The highest BCUT2D eigenvalue weighted by molar-refractivity contribution is 6.33. The molecule has 1 aromatic rings. The molecule has 6 heteroatoms. The highest BCUT2D eigenvalue weighted by atomic mass is 35.5. The van der Waals surface area contributed by atoms with Crippen molar-refractivity contribution in [1.82, 2.24) is 0 Å². The van der Waals surface area contributed by atoms with Gasteiger partial charge in [-0.05, 0) is 13.0 Å². The van der Waals surface area contributed by atoms with Crippen molar-refractivity contribution in [3.8, 4) is 5.75 Å². The number of halogens is 1. The van der Waals surface area contributed by atoms with E-state index in [1.54, 1.807) is 0 Å². The van der Waals surface area contributed by atoms with Gasteiger partial charge in [-0.2, -0.15) is 0 Å². The lowest BCUT2D eigenvalue weighted by atomic mass is 10.1. The molecule has 0 N–H and O–H groups in total. The zero-order valence-corrected chi connectivity index (χ0v) is 8.87. The van der Waals surface area contributed by atoms with Crippen LogP contribution in [0.1, 0.15) is 17.3 Å². The molecule has 0 atom stereocenters. The van der Waals surface area contributed by atoms with Gasteiger partial charge in [0.1, 0.15) is 10.8 Å². The molecular weight excluding hydrogens is 222 g/mol. The molecule has 0 saturated heterocycles. The number of carbonyl (C=O) groups is 1. The third-order valence-electron chi connectivity index (χ3n) is 1.84. The predicted molar refractivity (Wildman–Crippen MR) is 54.7 cm³/mol. The van der Waals surface area contributed by atoms with E-state index >= 15 is 0 Å². The van der Waals surface area contributed by atoms with E-state index in [9.17, 15) is 14.9 Å². The SMILES string of the molecule is COc1cc([N+](=O)[O-])c(Cl)cc1C(C)=O. The number of methoxy groups -OCH3 is 1. The van der Waals surface area contributed by atoms with Gasteiger partial charge < -0.3 is 4.74 Å². The summed E-state index contributed by atoms with van der Waals surface area (Å²) >= 11 is 5.65. The summed E-state index contributed by atoms with van der Waals surface area (Å²) in [5.41, 5.74) is -0.0494. The summed E-state index contributed by atoms with van der Waals surface area (Å²) in [5.74, 6) is -0.109. The first-order chi connectivity index (χ1) is 6.97. The summed E-state index contributed by atoms with van der Waals surface area (Å²) in [7, 11) is 1.33. The van der Waals surface area contributed by atoms with E-state index in [0.717, 1.165) is 6.07 Å². The van der Waals surface area contributed by atoms with Crippen LogP contribution in [-0.2, 0) is 0 Å². The number of nitrogens with zero attached hydrogens (tertiary/aromatic N) is 1. The second-order valence-electron chi connectivity index (χ2n) is 2.82. The third-order valence-corrected chi connectivity index (χ3v) is 2.15. The number of benzene rings is 1. The molecule has 0 aromatic heterocycles. The van der Waals surface area contributed by atoms with E-state index < -0.39 is 4.92 Å². The summed E-state index contributed by atoms with van der Waals surface area (Å²) in [6.07, 6.45) is 0. The van der Waals surface area contributed by atoms with Gasteiger partial charge in [0.15, 0.2) is 5.78 Å². The van der Waals surface area contributed by atoms with Gasteiger partial charge >= 0.3 is 0 Å². The number of nitro benzene ring substituents is 1. The molecule has 15 heavy (non-hydrogen) atoms. The average molecular weight is 230 g/mol. The van der Waals surface area contributed by atoms with E-state index in [-0.39, 0.29) is 27.8 Å². The smallest absolute Gasteiger partial charge is 0.291 e. The van der Waals surface area contributed by atoms with E-state index in [0.29, 0.717) is 0 Å². The van der Waals surface area contributed by atoms with Crippen molar-refractivity contribution in [2.45, 2.75) is 6.92 Å². The molecule has 80 valence electrons. The molecule has 5 nitrogen and oxygen atoms in total. The van der Waals surface area contributed by atoms with Crippen LogP contribution in [-0.4, -0.2) is 17.8 Å². The van der Waals surface area contributed by atoms with E-state index in [1.165, 1.54) is 20.1 Å². The van der Waals surface area contributed by atoms with Gasteiger partial charge in [0, 0.05) is 0 Å². The molecule has 0 amide bonds. The van der Waals surface area contributed by atoms with Crippen molar-refractivity contribution in [3.05, 3.63) is 32.8 Å². The lowest BCUT2D eigenvalue weighted by Crippen LogP contribution is -1.99. The van der Waals surface area contributed by atoms with Crippen molar-refractivity contribution in [3.63, 3.8) is 0 Å². The summed E-state index contributed by atoms with van der Waals surface area (Å²) in [5, 5.41) is 10.5. The Morgan fingerprint density at radius 2 is 2.13 bits per heavy atom. The number of ketones is 1. The minimum Gasteiger partial charge on any atom is -0.496 e. The van der Waals surface area contributed by atoms with Gasteiger partial charge in [-0.15, -0.1) is 0 Å². The highest BCUT2D eigenvalue weighted by Gasteiger charge is 2.19. The van der Waals surface area contributed by atoms with Crippen LogP contribution in [0.15, 0.2) is 12.1 Å². The van der Waals surface area contributed by atoms with Crippen molar-refractivity contribution in [2.24, 2.45) is 0 Å². The minimum atomic E-state index is -0.630. The monoisotopic (exact) mass is 229 g/mol. The van der Waals surface area contributed by atoms with Gasteiger partial charge in [-0.3, -0.25) is 14.9 Å². The van der Waals surface area contributed by atoms with Crippen molar-refractivity contribution < 1.29 is 14.5 Å². The van der Waals surface area contributed by atoms with Crippen molar-refractivity contribution in [1.29, 1.82) is 0 Å². The van der Waals surface area contributed by atoms with Crippen molar-refractivity contribution in [2.75, 3.05) is 7.11 Å². The quantitative estimate of drug-likeness (QED) is 0.454. The largest absolute Gasteiger partial charge is 0.496 e. The first-order valence-electron chi connectivity index (χ1n) is 4.00. The molecule has 0 unspecified atom stereocenters. The highest BCUT2D eigenvalue weighted by Crippen LogP contribution is 2.32. The number of carbonyl (C=O) groups excluding carboxylic acids is 1. The molecule has 0 spiro atoms. The Bertz CT molecular complexity index is 430. The van der Waals surface area contributed by atoms with Gasteiger partial charge in [0.2, 0.25) is 0 Å². The maximum atomic E-state index is 11.1. The molecule has 0 aliphatic carbocycles. The Morgan fingerprint density at radius 1 is 1.53 bits per heavy atom. The molecule has 1 rings (SSSR count). The molecule has 0 heterocycles. The fourth-order valence-corrected chi connectivity index (χ4v) is 1.36. The first-order valence-corrected chi connectivity index (χ1v) is 4.38. The van der Waals surface area contributed by atoms with Crippen molar-refractivity contribution >= 4 is 23.1 Å². The molecule has 0 fully saturated rings. The molecule has 0 aliphatic rings. The first kappa shape index (κ1) is 11.5. The zero-order chi connectivity index (χ0) is 11.6. The summed E-state index contributed by atoms with van der Waals surface area (Å²) in [6, 6.07) is 2.37. The van der Waals surface area contributed by atoms with E-state index in [4.69, 9.17) is 16.3 Å². The standard InChI is InChI=1S/C9H8ClNO4/c1-5(12)6-3-7(10)8(11(13)14)4-9(6)15-2/h3-4H,1-2H3. The summed E-state index contributed by atoms with van der Waals surface area (Å²) in [6.45, 7) is 1.33. The number of hydrogen-bond donors (Lipinski definition) is 0. The van der Waals surface area contributed by atoms with Gasteiger partial charge in [0.25, 0.3) is 5.69 Å². The Labute approximate surface area is 90.8 Å². The number of nitro groups is 1. The van der Waals surface area contributed by atoms with Gasteiger partial charge in [-0.25, -0.2) is 0 Å². The van der Waals surface area contributed by atoms with Gasteiger partial charge in [0.05, 0.1) is 23.7 Å². The lowest BCUT2D eigenvalue weighted by Gasteiger charge is -2.06. The van der Waals surface area contributed by atoms with E-state index in [1.807, 2.05) is 0 Å². The molecule has 0 saturated carbocycles. The fraction of sp³-hybridized carbons (Fsp3) is 0.222. The Kier molecular flexibility index (Phi) is 3.26. The normalized spacial score (nSPS) is 9.80. The Hall–Kier alpha value is -1.62. The van der Waals surface area contributed by atoms with E-state index in [2.05, 4.69) is 0 Å². The predicted octanol–water partition coefficient (Wildman–Crippen LogP) is 2.46. The topological polar surface area (TPSA) is 69.4 Å². The zero-order valence-electron chi connectivity index (χ0n) is 8.11. The van der Waals surface area contributed by atoms with Crippen LogP contribution < -0.4 is 4.74 Å². The fourth-order valence-electron chi connectivity index (χ4n) is 1.13. The molecule has 1 aromatic carbocycles. The molecule has 0 aliphatic heterocycles.